The molecule has 0 bridgehead atoms. The van der Waals surface area contributed by atoms with Gasteiger partial charge in [0.1, 0.15) is 5.54 Å². The fraction of sp³-hybridized carbons (Fsp3) is 0.444. The van der Waals surface area contributed by atoms with Gasteiger partial charge in [0, 0.05) is 7.05 Å². The van der Waals surface area contributed by atoms with Crippen LogP contribution in [0.25, 0.3) is 0 Å². The zero-order valence-corrected chi connectivity index (χ0v) is 13.6. The van der Waals surface area contributed by atoms with E-state index in [-0.39, 0.29) is 5.56 Å². The maximum atomic E-state index is 12.3. The van der Waals surface area contributed by atoms with E-state index in [2.05, 4.69) is 6.07 Å². The molecule has 1 amide bonds. The number of benzene rings is 1. The minimum absolute atomic E-state index is 0.220. The number of esters is 1. The molecule has 1 aliphatic rings. The SMILES string of the molecule is CN(C(=O)COC(=O)c1cccc(C#N)c1)C1(C#N)CCCCC1. The Morgan fingerprint density at radius 3 is 2.58 bits per heavy atom. The number of hydrogen-bond acceptors (Lipinski definition) is 5. The van der Waals surface area contributed by atoms with Gasteiger partial charge < -0.3 is 9.64 Å². The number of nitriles is 2. The summed E-state index contributed by atoms with van der Waals surface area (Å²) in [4.78, 5) is 25.7. The van der Waals surface area contributed by atoms with Gasteiger partial charge in [-0.2, -0.15) is 10.5 Å². The average molecular weight is 325 g/mol. The van der Waals surface area contributed by atoms with Crippen LogP contribution in [0, 0.1) is 22.7 Å². The van der Waals surface area contributed by atoms with E-state index in [9.17, 15) is 14.9 Å². The Morgan fingerprint density at radius 1 is 1.25 bits per heavy atom. The molecule has 1 aliphatic carbocycles. The third-order valence-corrected chi connectivity index (χ3v) is 4.46. The molecule has 1 fully saturated rings. The molecule has 0 aromatic heterocycles. The molecule has 1 aromatic carbocycles. The fourth-order valence-corrected chi connectivity index (χ4v) is 2.92. The van der Waals surface area contributed by atoms with Crippen molar-refractivity contribution in [1.82, 2.24) is 4.90 Å². The smallest absolute Gasteiger partial charge is 0.338 e. The number of likely N-dealkylation sites (N-methyl/N-ethyl adjacent to an activating group) is 1. The first-order valence-electron chi connectivity index (χ1n) is 7.87. The molecule has 0 spiro atoms. The summed E-state index contributed by atoms with van der Waals surface area (Å²) < 4.78 is 5.04. The molecule has 1 aromatic rings. The number of nitrogens with zero attached hydrogens (tertiary/aromatic N) is 3. The molecule has 1 saturated carbocycles. The lowest BCUT2D eigenvalue weighted by Crippen LogP contribution is -2.51. The number of amides is 1. The first-order chi connectivity index (χ1) is 11.5. The number of carbonyl (C=O) groups excluding carboxylic acids is 2. The van der Waals surface area contributed by atoms with E-state index in [0.29, 0.717) is 18.4 Å². The Labute approximate surface area is 141 Å². The quantitative estimate of drug-likeness (QED) is 0.792. The van der Waals surface area contributed by atoms with Gasteiger partial charge in [-0.1, -0.05) is 25.3 Å². The monoisotopic (exact) mass is 325 g/mol. The standard InChI is InChI=1S/C18H19N3O3/c1-21(18(13-20)8-3-2-4-9-18)16(22)12-24-17(23)15-7-5-6-14(10-15)11-19/h5-7,10H,2-4,8-9,12H2,1H3. The van der Waals surface area contributed by atoms with Crippen LogP contribution in [-0.4, -0.2) is 36.0 Å². The zero-order valence-electron chi connectivity index (χ0n) is 13.6. The van der Waals surface area contributed by atoms with Gasteiger partial charge in [0.25, 0.3) is 5.91 Å². The van der Waals surface area contributed by atoms with Crippen molar-refractivity contribution in [1.29, 1.82) is 10.5 Å². The Kier molecular flexibility index (Phi) is 5.55. The highest BCUT2D eigenvalue weighted by Gasteiger charge is 2.38. The maximum Gasteiger partial charge on any atom is 0.338 e. The summed E-state index contributed by atoms with van der Waals surface area (Å²) in [6.45, 7) is -0.421. The number of ether oxygens (including phenoxy) is 1. The molecule has 124 valence electrons. The third-order valence-electron chi connectivity index (χ3n) is 4.46. The molecular weight excluding hydrogens is 306 g/mol. The van der Waals surface area contributed by atoms with Gasteiger partial charge in [-0.3, -0.25) is 4.79 Å². The predicted octanol–water partition coefficient (Wildman–Crippen LogP) is 2.40. The van der Waals surface area contributed by atoms with Crippen molar-refractivity contribution in [3.05, 3.63) is 35.4 Å². The molecule has 0 unspecified atom stereocenters. The lowest BCUT2D eigenvalue weighted by Gasteiger charge is -2.38. The number of carbonyl (C=O) groups is 2. The van der Waals surface area contributed by atoms with E-state index in [1.807, 2.05) is 6.07 Å². The van der Waals surface area contributed by atoms with Crippen molar-refractivity contribution in [2.75, 3.05) is 13.7 Å². The number of rotatable bonds is 4. The van der Waals surface area contributed by atoms with Crippen molar-refractivity contribution < 1.29 is 14.3 Å². The Bertz CT molecular complexity index is 709. The molecule has 0 aliphatic heterocycles. The second-order valence-corrected chi connectivity index (χ2v) is 5.93. The highest BCUT2D eigenvalue weighted by atomic mass is 16.5. The van der Waals surface area contributed by atoms with Crippen LogP contribution >= 0.6 is 0 Å². The molecule has 6 nitrogen and oxygen atoms in total. The van der Waals surface area contributed by atoms with E-state index in [4.69, 9.17) is 10.00 Å². The van der Waals surface area contributed by atoms with Crippen LogP contribution in [0.5, 0.6) is 0 Å². The van der Waals surface area contributed by atoms with E-state index in [0.717, 1.165) is 19.3 Å². The lowest BCUT2D eigenvalue weighted by atomic mass is 9.81. The van der Waals surface area contributed by atoms with Crippen molar-refractivity contribution >= 4 is 11.9 Å². The molecule has 0 radical (unpaired) electrons. The average Bonchev–Trinajstić information content (AvgIpc) is 2.65. The molecule has 0 heterocycles. The Balaban J connectivity index is 1.98. The fourth-order valence-electron chi connectivity index (χ4n) is 2.92. The number of hydrogen-bond donors (Lipinski definition) is 0. The highest BCUT2D eigenvalue weighted by Crippen LogP contribution is 2.32. The normalized spacial score (nSPS) is 15.6. The minimum Gasteiger partial charge on any atom is -0.452 e. The van der Waals surface area contributed by atoms with Crippen molar-refractivity contribution in [3.8, 4) is 12.1 Å². The Hall–Kier alpha value is -2.86. The van der Waals surface area contributed by atoms with E-state index in [1.54, 1.807) is 19.2 Å². The molecule has 0 N–H and O–H groups in total. The molecule has 2 rings (SSSR count). The minimum atomic E-state index is -0.803. The van der Waals surface area contributed by atoms with Crippen molar-refractivity contribution in [3.63, 3.8) is 0 Å². The summed E-state index contributed by atoms with van der Waals surface area (Å²) in [5.74, 6) is -1.06. The van der Waals surface area contributed by atoms with Gasteiger partial charge in [-0.15, -0.1) is 0 Å². The lowest BCUT2D eigenvalue weighted by molar-refractivity contribution is -0.138. The van der Waals surface area contributed by atoms with E-state index >= 15 is 0 Å². The van der Waals surface area contributed by atoms with Crippen LogP contribution < -0.4 is 0 Å². The summed E-state index contributed by atoms with van der Waals surface area (Å²) in [6.07, 6.45) is 4.17. The largest absolute Gasteiger partial charge is 0.452 e. The maximum absolute atomic E-state index is 12.3. The van der Waals surface area contributed by atoms with Crippen molar-refractivity contribution in [2.45, 2.75) is 37.6 Å². The molecule has 24 heavy (non-hydrogen) atoms. The second-order valence-electron chi connectivity index (χ2n) is 5.93. The first-order valence-corrected chi connectivity index (χ1v) is 7.87. The van der Waals surface area contributed by atoms with Crippen LogP contribution in [0.2, 0.25) is 0 Å². The second kappa shape index (κ2) is 7.61. The van der Waals surface area contributed by atoms with Crippen LogP contribution in [0.4, 0.5) is 0 Å². The molecule has 6 heteroatoms. The summed E-state index contributed by atoms with van der Waals surface area (Å²) in [5.41, 5.74) is -0.238. The summed E-state index contributed by atoms with van der Waals surface area (Å²) >= 11 is 0. The van der Waals surface area contributed by atoms with Crippen LogP contribution in [-0.2, 0) is 9.53 Å². The third kappa shape index (κ3) is 3.72. The van der Waals surface area contributed by atoms with Crippen LogP contribution in [0.3, 0.4) is 0 Å². The van der Waals surface area contributed by atoms with Gasteiger partial charge in [0.05, 0.1) is 23.3 Å². The summed E-state index contributed by atoms with van der Waals surface area (Å²) in [7, 11) is 1.58. The van der Waals surface area contributed by atoms with E-state index < -0.39 is 24.0 Å². The molecule has 0 atom stereocenters. The summed E-state index contributed by atoms with van der Waals surface area (Å²) in [5, 5.41) is 18.3. The van der Waals surface area contributed by atoms with Crippen LogP contribution in [0.15, 0.2) is 24.3 Å². The van der Waals surface area contributed by atoms with Crippen molar-refractivity contribution in [2.24, 2.45) is 0 Å². The first kappa shape index (κ1) is 17.5. The topological polar surface area (TPSA) is 94.2 Å². The van der Waals surface area contributed by atoms with Gasteiger partial charge in [0.15, 0.2) is 6.61 Å². The highest BCUT2D eigenvalue weighted by molar-refractivity contribution is 5.91. The van der Waals surface area contributed by atoms with Gasteiger partial charge in [-0.25, -0.2) is 4.79 Å². The van der Waals surface area contributed by atoms with E-state index in [1.165, 1.54) is 17.0 Å². The van der Waals surface area contributed by atoms with Gasteiger partial charge >= 0.3 is 5.97 Å². The van der Waals surface area contributed by atoms with Gasteiger partial charge in [-0.05, 0) is 31.0 Å². The molecule has 0 saturated heterocycles. The summed E-state index contributed by atoms with van der Waals surface area (Å²) in [6, 6.07) is 10.3. The van der Waals surface area contributed by atoms with Crippen LogP contribution in [0.1, 0.15) is 48.0 Å². The Morgan fingerprint density at radius 2 is 1.96 bits per heavy atom. The zero-order chi connectivity index (χ0) is 17.6. The molecular formula is C18H19N3O3. The predicted molar refractivity (Wildman–Crippen MR) is 85.6 cm³/mol. The van der Waals surface area contributed by atoms with Gasteiger partial charge in [0.2, 0.25) is 0 Å².